The van der Waals surface area contributed by atoms with Gasteiger partial charge < -0.3 is 0 Å². The molecule has 1 aliphatic carbocycles. The van der Waals surface area contributed by atoms with Gasteiger partial charge in [-0.05, 0) is 24.8 Å². The highest BCUT2D eigenvalue weighted by molar-refractivity contribution is 5.88. The van der Waals surface area contributed by atoms with Crippen molar-refractivity contribution in [2.24, 2.45) is 13.0 Å². The molecule has 3 nitrogen and oxygen atoms in total. The van der Waals surface area contributed by atoms with Crippen LogP contribution in [0, 0.1) is 5.92 Å². The third kappa shape index (κ3) is 2.09. The lowest BCUT2D eigenvalue weighted by Gasteiger charge is -1.96. The zero-order chi connectivity index (χ0) is 11.8. The molecule has 0 bridgehead atoms. The summed E-state index contributed by atoms with van der Waals surface area (Å²) in [5.41, 5.74) is 2.02. The maximum Gasteiger partial charge on any atom is 0.139 e. The number of para-hydroxylation sites is 1. The highest BCUT2D eigenvalue weighted by Crippen LogP contribution is 2.33. The Kier molecular flexibility index (Phi) is 2.46. The lowest BCUT2D eigenvalue weighted by molar-refractivity contribution is -0.118. The van der Waals surface area contributed by atoms with E-state index < -0.39 is 0 Å². The van der Waals surface area contributed by atoms with E-state index in [1.54, 1.807) is 0 Å². The van der Waals surface area contributed by atoms with E-state index in [2.05, 4.69) is 5.10 Å². The summed E-state index contributed by atoms with van der Waals surface area (Å²) >= 11 is 0. The zero-order valence-electron chi connectivity index (χ0n) is 10.0. The maximum absolute atomic E-state index is 11.9. The Hall–Kier alpha value is -1.64. The molecule has 0 N–H and O–H groups in total. The first-order chi connectivity index (χ1) is 8.24. The number of carbonyl (C=O) groups is 1. The van der Waals surface area contributed by atoms with Crippen LogP contribution in [0.2, 0.25) is 0 Å². The molecule has 0 unspecified atom stereocenters. The summed E-state index contributed by atoms with van der Waals surface area (Å²) in [6.07, 6.45) is 3.69. The first-order valence-corrected chi connectivity index (χ1v) is 6.16. The van der Waals surface area contributed by atoms with Gasteiger partial charge in [0.05, 0.1) is 17.6 Å². The smallest absolute Gasteiger partial charge is 0.139 e. The predicted molar refractivity (Wildman–Crippen MR) is 66.8 cm³/mol. The van der Waals surface area contributed by atoms with E-state index in [0.717, 1.165) is 23.0 Å². The second-order valence-electron chi connectivity index (χ2n) is 4.95. The summed E-state index contributed by atoms with van der Waals surface area (Å²) in [5, 5.41) is 5.56. The molecule has 0 saturated heterocycles. The van der Waals surface area contributed by atoms with Crippen LogP contribution < -0.4 is 0 Å². The van der Waals surface area contributed by atoms with Gasteiger partial charge in [0.2, 0.25) is 0 Å². The first-order valence-electron chi connectivity index (χ1n) is 6.16. The van der Waals surface area contributed by atoms with E-state index in [1.807, 2.05) is 36.0 Å². The standard InChI is InChI=1S/C14H16N2O/c1-16-14-5-3-2-4-12(14)13(15-16)9-11(17)8-10-6-7-10/h2-5,10H,6-9H2,1H3. The average molecular weight is 228 g/mol. The van der Waals surface area contributed by atoms with Crippen LogP contribution in [0.15, 0.2) is 24.3 Å². The van der Waals surface area contributed by atoms with Crippen molar-refractivity contribution in [2.75, 3.05) is 0 Å². The molecule has 3 rings (SSSR count). The summed E-state index contributed by atoms with van der Waals surface area (Å²) in [5.74, 6) is 0.994. The molecule has 0 atom stereocenters. The monoisotopic (exact) mass is 228 g/mol. The summed E-state index contributed by atoms with van der Waals surface area (Å²) in [6.45, 7) is 0. The van der Waals surface area contributed by atoms with E-state index in [-0.39, 0.29) is 0 Å². The van der Waals surface area contributed by atoms with Gasteiger partial charge in [0.15, 0.2) is 0 Å². The Morgan fingerprint density at radius 1 is 1.41 bits per heavy atom. The summed E-state index contributed by atoms with van der Waals surface area (Å²) in [6, 6.07) is 8.08. The quantitative estimate of drug-likeness (QED) is 0.805. The number of Topliss-reactive ketones (excluding diaryl/α,β-unsaturated/α-hetero) is 1. The minimum atomic E-state index is 0.330. The Morgan fingerprint density at radius 3 is 2.94 bits per heavy atom. The largest absolute Gasteiger partial charge is 0.299 e. The van der Waals surface area contributed by atoms with Crippen molar-refractivity contribution in [3.63, 3.8) is 0 Å². The minimum Gasteiger partial charge on any atom is -0.299 e. The fourth-order valence-corrected chi connectivity index (χ4v) is 2.32. The number of aromatic nitrogens is 2. The topological polar surface area (TPSA) is 34.9 Å². The molecule has 3 heteroatoms. The molecule has 1 fully saturated rings. The predicted octanol–water partition coefficient (Wildman–Crippen LogP) is 2.49. The lowest BCUT2D eigenvalue weighted by Crippen LogP contribution is -2.04. The zero-order valence-corrected chi connectivity index (χ0v) is 10.0. The van der Waals surface area contributed by atoms with Crippen LogP contribution in [0.1, 0.15) is 25.0 Å². The van der Waals surface area contributed by atoms with Crippen molar-refractivity contribution >= 4 is 16.7 Å². The van der Waals surface area contributed by atoms with Gasteiger partial charge in [0.1, 0.15) is 5.78 Å². The van der Waals surface area contributed by atoms with Gasteiger partial charge in [-0.15, -0.1) is 0 Å². The Morgan fingerprint density at radius 2 is 2.18 bits per heavy atom. The summed E-state index contributed by atoms with van der Waals surface area (Å²) < 4.78 is 1.86. The highest BCUT2D eigenvalue weighted by Gasteiger charge is 2.25. The molecule has 0 aliphatic heterocycles. The average Bonchev–Trinajstić information content (AvgIpc) is 3.06. The number of fused-ring (bicyclic) bond motifs is 1. The molecule has 88 valence electrons. The Bertz CT molecular complexity index is 567. The van der Waals surface area contributed by atoms with Gasteiger partial charge >= 0.3 is 0 Å². The number of aryl methyl sites for hydroxylation is 1. The SMILES string of the molecule is Cn1nc(CC(=O)CC2CC2)c2ccccc21. The van der Waals surface area contributed by atoms with Crippen LogP contribution >= 0.6 is 0 Å². The number of ketones is 1. The van der Waals surface area contributed by atoms with E-state index >= 15 is 0 Å². The van der Waals surface area contributed by atoms with Gasteiger partial charge in [-0.1, -0.05) is 18.2 Å². The molecular weight excluding hydrogens is 212 g/mol. The third-order valence-electron chi connectivity index (χ3n) is 3.41. The highest BCUT2D eigenvalue weighted by atomic mass is 16.1. The Labute approximate surface area is 100 Å². The minimum absolute atomic E-state index is 0.330. The van der Waals surface area contributed by atoms with E-state index in [4.69, 9.17) is 0 Å². The fraction of sp³-hybridized carbons (Fsp3) is 0.429. The third-order valence-corrected chi connectivity index (χ3v) is 3.41. The summed E-state index contributed by atoms with van der Waals surface area (Å²) in [7, 11) is 1.93. The number of hydrogen-bond acceptors (Lipinski definition) is 2. The van der Waals surface area contributed by atoms with Crippen LogP contribution in [0.5, 0.6) is 0 Å². The molecule has 1 aliphatic rings. The molecule has 0 radical (unpaired) electrons. The van der Waals surface area contributed by atoms with Gasteiger partial charge in [0.25, 0.3) is 0 Å². The normalized spacial score (nSPS) is 15.4. The molecule has 1 saturated carbocycles. The molecule has 0 spiro atoms. The Balaban J connectivity index is 1.86. The van der Waals surface area contributed by atoms with Crippen LogP contribution in [0.3, 0.4) is 0 Å². The number of hydrogen-bond donors (Lipinski definition) is 0. The molecule has 0 amide bonds. The van der Waals surface area contributed by atoms with Crippen LogP contribution in [0.4, 0.5) is 0 Å². The van der Waals surface area contributed by atoms with Crippen molar-refractivity contribution in [1.82, 2.24) is 9.78 Å². The summed E-state index contributed by atoms with van der Waals surface area (Å²) in [4.78, 5) is 11.9. The van der Waals surface area contributed by atoms with Crippen molar-refractivity contribution in [1.29, 1.82) is 0 Å². The van der Waals surface area contributed by atoms with Crippen molar-refractivity contribution in [2.45, 2.75) is 25.7 Å². The van der Waals surface area contributed by atoms with Gasteiger partial charge in [0, 0.05) is 18.9 Å². The van der Waals surface area contributed by atoms with Gasteiger partial charge in [-0.2, -0.15) is 5.10 Å². The number of benzene rings is 1. The van der Waals surface area contributed by atoms with E-state index in [0.29, 0.717) is 18.1 Å². The van der Waals surface area contributed by atoms with E-state index in [9.17, 15) is 4.79 Å². The van der Waals surface area contributed by atoms with Crippen molar-refractivity contribution in [3.05, 3.63) is 30.0 Å². The maximum atomic E-state index is 11.9. The van der Waals surface area contributed by atoms with Crippen molar-refractivity contribution in [3.8, 4) is 0 Å². The van der Waals surface area contributed by atoms with Crippen LogP contribution in [-0.4, -0.2) is 15.6 Å². The molecule has 1 aromatic heterocycles. The van der Waals surface area contributed by atoms with Crippen molar-refractivity contribution < 1.29 is 4.79 Å². The molecule has 2 aromatic rings. The second-order valence-corrected chi connectivity index (χ2v) is 4.95. The molecular formula is C14H16N2O. The first kappa shape index (κ1) is 10.5. The lowest BCUT2D eigenvalue weighted by atomic mass is 10.1. The van der Waals surface area contributed by atoms with Crippen LogP contribution in [0.25, 0.3) is 10.9 Å². The number of nitrogens with zero attached hydrogens (tertiary/aromatic N) is 2. The number of rotatable bonds is 4. The number of carbonyl (C=O) groups excluding carboxylic acids is 1. The van der Waals surface area contributed by atoms with Gasteiger partial charge in [-0.3, -0.25) is 9.48 Å². The molecule has 1 heterocycles. The van der Waals surface area contributed by atoms with E-state index in [1.165, 1.54) is 12.8 Å². The second kappa shape index (κ2) is 3.99. The fourth-order valence-electron chi connectivity index (χ4n) is 2.32. The molecule has 1 aromatic carbocycles. The van der Waals surface area contributed by atoms with Gasteiger partial charge in [-0.25, -0.2) is 0 Å². The van der Waals surface area contributed by atoms with Crippen LogP contribution in [-0.2, 0) is 18.3 Å². The molecule has 17 heavy (non-hydrogen) atoms.